The van der Waals surface area contributed by atoms with Gasteiger partial charge in [0.1, 0.15) is 5.82 Å². The number of benzene rings is 1. The summed E-state index contributed by atoms with van der Waals surface area (Å²) in [7, 11) is 1.94. The Kier molecular flexibility index (Phi) is 3.26. The summed E-state index contributed by atoms with van der Waals surface area (Å²) in [6.45, 7) is 4.19. The predicted octanol–water partition coefficient (Wildman–Crippen LogP) is 3.37. The van der Waals surface area contributed by atoms with Gasteiger partial charge in [0.15, 0.2) is 0 Å². The second-order valence-electron chi connectivity index (χ2n) is 4.98. The van der Waals surface area contributed by atoms with Gasteiger partial charge in [-0.1, -0.05) is 13.0 Å². The highest BCUT2D eigenvalue weighted by atomic mass is 35.5. The average molecular weight is 289 g/mol. The first-order valence-corrected chi connectivity index (χ1v) is 7.24. The summed E-state index contributed by atoms with van der Waals surface area (Å²) in [5.41, 5.74) is 5.39. The zero-order chi connectivity index (χ0) is 14.3. The van der Waals surface area contributed by atoms with Crippen LogP contribution in [0.25, 0.3) is 16.7 Å². The van der Waals surface area contributed by atoms with Crippen molar-refractivity contribution in [1.82, 2.24) is 19.3 Å². The lowest BCUT2D eigenvalue weighted by molar-refractivity contribution is 0.746. The summed E-state index contributed by atoms with van der Waals surface area (Å²) in [5, 5.41) is 4.51. The molecule has 2 heterocycles. The smallest absolute Gasteiger partial charge is 0.129 e. The summed E-state index contributed by atoms with van der Waals surface area (Å²) in [6, 6.07) is 6.26. The first-order chi connectivity index (χ1) is 9.63. The van der Waals surface area contributed by atoms with Crippen LogP contribution in [-0.2, 0) is 19.3 Å². The lowest BCUT2D eigenvalue weighted by Gasteiger charge is -2.07. The van der Waals surface area contributed by atoms with Crippen LogP contribution in [0.3, 0.4) is 0 Å². The van der Waals surface area contributed by atoms with Gasteiger partial charge in [-0.2, -0.15) is 5.10 Å². The zero-order valence-electron chi connectivity index (χ0n) is 11.9. The second kappa shape index (κ2) is 4.94. The van der Waals surface area contributed by atoms with Crippen molar-refractivity contribution in [3.63, 3.8) is 0 Å². The summed E-state index contributed by atoms with van der Waals surface area (Å²) < 4.78 is 3.97. The van der Waals surface area contributed by atoms with E-state index in [-0.39, 0.29) is 0 Å². The maximum absolute atomic E-state index is 6.09. The third kappa shape index (κ3) is 2.00. The molecule has 104 valence electrons. The summed E-state index contributed by atoms with van der Waals surface area (Å²) >= 11 is 6.09. The van der Waals surface area contributed by atoms with Crippen molar-refractivity contribution in [2.45, 2.75) is 26.1 Å². The lowest BCUT2D eigenvalue weighted by Crippen LogP contribution is -2.01. The SMILES string of the molecule is CCc1nn(C)cc1-n1c(CCl)nc2ccc(C)cc21. The van der Waals surface area contributed by atoms with Gasteiger partial charge in [0.05, 0.1) is 28.3 Å². The van der Waals surface area contributed by atoms with Crippen LogP contribution in [0.5, 0.6) is 0 Å². The van der Waals surface area contributed by atoms with Gasteiger partial charge in [0.25, 0.3) is 0 Å². The molecule has 1 aromatic carbocycles. The first-order valence-electron chi connectivity index (χ1n) is 6.71. The van der Waals surface area contributed by atoms with E-state index in [1.54, 1.807) is 0 Å². The quantitative estimate of drug-likeness (QED) is 0.693. The molecule has 0 aliphatic heterocycles. The fourth-order valence-corrected chi connectivity index (χ4v) is 2.73. The monoisotopic (exact) mass is 288 g/mol. The van der Waals surface area contributed by atoms with Gasteiger partial charge >= 0.3 is 0 Å². The highest BCUT2D eigenvalue weighted by molar-refractivity contribution is 6.17. The zero-order valence-corrected chi connectivity index (χ0v) is 12.6. The number of halogens is 1. The number of nitrogens with zero attached hydrogens (tertiary/aromatic N) is 4. The molecule has 0 amide bonds. The molecule has 20 heavy (non-hydrogen) atoms. The molecule has 0 spiro atoms. The maximum Gasteiger partial charge on any atom is 0.129 e. The Balaban J connectivity index is 2.35. The number of fused-ring (bicyclic) bond motifs is 1. The maximum atomic E-state index is 6.09. The number of aryl methyl sites for hydroxylation is 3. The van der Waals surface area contributed by atoms with Crippen molar-refractivity contribution in [1.29, 1.82) is 0 Å². The van der Waals surface area contributed by atoms with Crippen LogP contribution in [0.2, 0.25) is 0 Å². The van der Waals surface area contributed by atoms with Crippen LogP contribution < -0.4 is 0 Å². The minimum Gasteiger partial charge on any atom is -0.292 e. The van der Waals surface area contributed by atoms with Crippen LogP contribution in [0.4, 0.5) is 0 Å². The average Bonchev–Trinajstić information content (AvgIpc) is 2.97. The molecule has 3 rings (SSSR count). The van der Waals surface area contributed by atoms with Crippen LogP contribution in [-0.4, -0.2) is 19.3 Å². The number of rotatable bonds is 3. The standard InChI is InChI=1S/C15H17ClN4/c1-4-11-14(9-19(3)18-11)20-13-7-10(2)5-6-12(13)17-15(20)8-16/h5-7,9H,4,8H2,1-3H3. The Bertz CT molecular complexity index is 770. The molecule has 0 unspecified atom stereocenters. The van der Waals surface area contributed by atoms with E-state index in [1.807, 2.05) is 24.0 Å². The molecule has 5 heteroatoms. The largest absolute Gasteiger partial charge is 0.292 e. The fourth-order valence-electron chi connectivity index (χ4n) is 2.55. The third-order valence-electron chi connectivity index (χ3n) is 3.46. The van der Waals surface area contributed by atoms with Crippen LogP contribution in [0.1, 0.15) is 24.0 Å². The Hall–Kier alpha value is -1.81. The third-order valence-corrected chi connectivity index (χ3v) is 3.70. The Labute approximate surface area is 123 Å². The molecule has 0 bridgehead atoms. The van der Waals surface area contributed by atoms with E-state index in [4.69, 9.17) is 11.6 Å². The van der Waals surface area contributed by atoms with Crippen molar-refractivity contribution in [2.75, 3.05) is 0 Å². The topological polar surface area (TPSA) is 35.6 Å². The molecule has 0 aliphatic carbocycles. The second-order valence-corrected chi connectivity index (χ2v) is 5.24. The number of hydrogen-bond acceptors (Lipinski definition) is 2. The van der Waals surface area contributed by atoms with E-state index < -0.39 is 0 Å². The molecule has 3 aromatic rings. The lowest BCUT2D eigenvalue weighted by atomic mass is 10.2. The van der Waals surface area contributed by atoms with E-state index in [1.165, 1.54) is 5.56 Å². The van der Waals surface area contributed by atoms with Crippen LogP contribution in [0.15, 0.2) is 24.4 Å². The minimum absolute atomic E-state index is 0.381. The molecule has 0 fully saturated rings. The number of aromatic nitrogens is 4. The summed E-state index contributed by atoms with van der Waals surface area (Å²) in [5.74, 6) is 1.24. The highest BCUT2D eigenvalue weighted by Crippen LogP contribution is 2.25. The van der Waals surface area contributed by atoms with Gasteiger partial charge in [0, 0.05) is 13.2 Å². The van der Waals surface area contributed by atoms with Gasteiger partial charge in [-0.15, -0.1) is 11.6 Å². The summed E-state index contributed by atoms with van der Waals surface area (Å²) in [6.07, 6.45) is 2.90. The van der Waals surface area contributed by atoms with E-state index >= 15 is 0 Å². The van der Waals surface area contributed by atoms with E-state index in [0.717, 1.165) is 34.7 Å². The molecule has 0 aliphatic rings. The minimum atomic E-state index is 0.381. The Morgan fingerprint density at radius 2 is 2.10 bits per heavy atom. The van der Waals surface area contributed by atoms with E-state index in [2.05, 4.69) is 40.6 Å². The van der Waals surface area contributed by atoms with E-state index in [9.17, 15) is 0 Å². The first kappa shape index (κ1) is 13.2. The number of hydrogen-bond donors (Lipinski definition) is 0. The van der Waals surface area contributed by atoms with Crippen LogP contribution >= 0.6 is 11.6 Å². The van der Waals surface area contributed by atoms with Crippen molar-refractivity contribution in [2.24, 2.45) is 7.05 Å². The van der Waals surface area contributed by atoms with Gasteiger partial charge in [-0.05, 0) is 31.0 Å². The molecule has 0 atom stereocenters. The summed E-state index contributed by atoms with van der Waals surface area (Å²) in [4.78, 5) is 4.63. The fraction of sp³-hybridized carbons (Fsp3) is 0.333. The molecular weight excluding hydrogens is 272 g/mol. The molecule has 0 saturated carbocycles. The van der Waals surface area contributed by atoms with Crippen molar-refractivity contribution >= 4 is 22.6 Å². The van der Waals surface area contributed by atoms with Crippen molar-refractivity contribution < 1.29 is 0 Å². The van der Waals surface area contributed by atoms with Gasteiger partial charge < -0.3 is 0 Å². The normalized spacial score (nSPS) is 11.4. The molecule has 4 nitrogen and oxygen atoms in total. The van der Waals surface area contributed by atoms with Crippen molar-refractivity contribution in [3.8, 4) is 5.69 Å². The van der Waals surface area contributed by atoms with Gasteiger partial charge in [-0.3, -0.25) is 9.25 Å². The van der Waals surface area contributed by atoms with Crippen molar-refractivity contribution in [3.05, 3.63) is 41.5 Å². The predicted molar refractivity (Wildman–Crippen MR) is 81.5 cm³/mol. The van der Waals surface area contributed by atoms with E-state index in [0.29, 0.717) is 5.88 Å². The number of alkyl halides is 1. The van der Waals surface area contributed by atoms with Gasteiger partial charge in [-0.25, -0.2) is 4.98 Å². The molecular formula is C15H17ClN4. The molecule has 0 saturated heterocycles. The Morgan fingerprint density at radius 3 is 2.80 bits per heavy atom. The Morgan fingerprint density at radius 1 is 1.30 bits per heavy atom. The molecule has 2 aromatic heterocycles. The number of imidazole rings is 1. The van der Waals surface area contributed by atoms with Crippen LogP contribution in [0, 0.1) is 6.92 Å². The highest BCUT2D eigenvalue weighted by Gasteiger charge is 2.16. The molecule has 0 N–H and O–H groups in total. The van der Waals surface area contributed by atoms with Gasteiger partial charge in [0.2, 0.25) is 0 Å². The molecule has 0 radical (unpaired) electrons.